The van der Waals surface area contributed by atoms with E-state index in [9.17, 15) is 23.5 Å². The minimum absolute atomic E-state index is 0.105. The Bertz CT molecular complexity index is 661. The maximum Gasteiger partial charge on any atom is 0.387 e. The van der Waals surface area contributed by atoms with Gasteiger partial charge in [0, 0.05) is 0 Å². The molecular formula is C16H15F2NO4. The van der Waals surface area contributed by atoms with Crippen LogP contribution < -0.4 is 10.1 Å². The quantitative estimate of drug-likeness (QED) is 0.817. The number of carboxylic acid groups (broad SMARTS) is 1. The van der Waals surface area contributed by atoms with E-state index >= 15 is 0 Å². The van der Waals surface area contributed by atoms with Crippen LogP contribution in [-0.2, 0) is 9.59 Å². The monoisotopic (exact) mass is 323 g/mol. The summed E-state index contributed by atoms with van der Waals surface area (Å²) >= 11 is 0. The summed E-state index contributed by atoms with van der Waals surface area (Å²) in [5, 5.41) is 11.9. The predicted octanol–water partition coefficient (Wildman–Crippen LogP) is 2.75. The largest absolute Gasteiger partial charge is 0.481 e. The molecule has 0 heterocycles. The molecule has 5 nitrogen and oxygen atoms in total. The van der Waals surface area contributed by atoms with Crippen molar-refractivity contribution in [2.75, 3.05) is 5.32 Å². The molecule has 0 saturated heterocycles. The molecule has 2 N–H and O–H groups in total. The summed E-state index contributed by atoms with van der Waals surface area (Å²) in [5.74, 6) is -3.43. The summed E-state index contributed by atoms with van der Waals surface area (Å²) in [6.45, 7) is -3.01. The summed E-state index contributed by atoms with van der Waals surface area (Å²) in [4.78, 5) is 23.9. The highest BCUT2D eigenvalue weighted by Gasteiger charge is 2.51. The Balaban J connectivity index is 1.80. The van der Waals surface area contributed by atoms with Crippen LogP contribution in [0.3, 0.4) is 0 Å². The van der Waals surface area contributed by atoms with Crippen LogP contribution in [0.1, 0.15) is 6.42 Å². The van der Waals surface area contributed by atoms with Crippen molar-refractivity contribution in [3.63, 3.8) is 0 Å². The number of carbonyl (C=O) groups is 2. The van der Waals surface area contributed by atoms with Gasteiger partial charge in [-0.1, -0.05) is 24.3 Å². The molecule has 1 fully saturated rings. The standard InChI is InChI=1S/C16H15F2NO4/c17-16(18)23-11-4-2-1-3-10(11)19-14(20)12-8-5-6-9(7-8)13(12)15(21)22/h1-6,8-9,12-13,16H,7H2,(H,19,20)(H,21,22)/t8-,9-,12-,13+/m0/s1. The third-order valence-corrected chi connectivity index (χ3v) is 4.41. The number of fused-ring (bicyclic) bond motifs is 2. The molecule has 4 atom stereocenters. The van der Waals surface area contributed by atoms with Gasteiger partial charge in [0.15, 0.2) is 0 Å². The van der Waals surface area contributed by atoms with E-state index in [1.54, 1.807) is 6.07 Å². The molecule has 3 rings (SSSR count). The van der Waals surface area contributed by atoms with Gasteiger partial charge in [-0.2, -0.15) is 8.78 Å². The van der Waals surface area contributed by atoms with Gasteiger partial charge in [0.25, 0.3) is 0 Å². The van der Waals surface area contributed by atoms with Crippen LogP contribution in [0, 0.1) is 23.7 Å². The van der Waals surface area contributed by atoms with Crippen LogP contribution in [0.25, 0.3) is 0 Å². The summed E-state index contributed by atoms with van der Waals surface area (Å²) < 4.78 is 29.2. The van der Waals surface area contributed by atoms with E-state index in [0.717, 1.165) is 0 Å². The van der Waals surface area contributed by atoms with Gasteiger partial charge in [-0.15, -0.1) is 0 Å². The molecule has 1 aromatic rings. The van der Waals surface area contributed by atoms with Crippen LogP contribution >= 0.6 is 0 Å². The molecule has 0 radical (unpaired) electrons. The number of ether oxygens (including phenoxy) is 1. The Morgan fingerprint density at radius 2 is 1.83 bits per heavy atom. The van der Waals surface area contributed by atoms with Crippen LogP contribution in [0.5, 0.6) is 5.75 Å². The first kappa shape index (κ1) is 15.5. The Morgan fingerprint density at radius 1 is 1.17 bits per heavy atom. The maximum atomic E-state index is 12.5. The lowest BCUT2D eigenvalue weighted by molar-refractivity contribution is -0.146. The molecule has 2 bridgehead atoms. The van der Waals surface area contributed by atoms with Gasteiger partial charge in [-0.25, -0.2) is 0 Å². The highest BCUT2D eigenvalue weighted by atomic mass is 19.3. The highest BCUT2D eigenvalue weighted by Crippen LogP contribution is 2.48. The number of amides is 1. The van der Waals surface area contributed by atoms with Crippen molar-refractivity contribution < 1.29 is 28.2 Å². The molecule has 2 aliphatic carbocycles. The van der Waals surface area contributed by atoms with Crippen LogP contribution in [0.2, 0.25) is 0 Å². The van der Waals surface area contributed by atoms with E-state index in [0.29, 0.717) is 6.42 Å². The minimum atomic E-state index is -3.01. The minimum Gasteiger partial charge on any atom is -0.481 e. The maximum absolute atomic E-state index is 12.5. The number of aliphatic carboxylic acids is 1. The number of anilines is 1. The fourth-order valence-corrected chi connectivity index (χ4v) is 3.50. The number of halogens is 2. The first-order chi connectivity index (χ1) is 11.0. The van der Waals surface area contributed by atoms with E-state index in [-0.39, 0.29) is 23.3 Å². The zero-order chi connectivity index (χ0) is 16.6. The smallest absolute Gasteiger partial charge is 0.387 e. The van der Waals surface area contributed by atoms with Gasteiger partial charge in [0.05, 0.1) is 17.5 Å². The molecule has 0 aromatic heterocycles. The Morgan fingerprint density at radius 3 is 2.48 bits per heavy atom. The molecule has 0 aliphatic heterocycles. The molecule has 23 heavy (non-hydrogen) atoms. The third-order valence-electron chi connectivity index (χ3n) is 4.41. The average Bonchev–Trinajstić information content (AvgIpc) is 3.09. The van der Waals surface area contributed by atoms with Gasteiger partial charge in [0.1, 0.15) is 5.75 Å². The zero-order valence-corrected chi connectivity index (χ0v) is 12.0. The van der Waals surface area contributed by atoms with E-state index in [1.165, 1.54) is 18.2 Å². The van der Waals surface area contributed by atoms with Crippen molar-refractivity contribution in [2.45, 2.75) is 13.0 Å². The van der Waals surface area contributed by atoms with E-state index in [1.807, 2.05) is 12.2 Å². The van der Waals surface area contributed by atoms with Gasteiger partial charge in [0.2, 0.25) is 5.91 Å². The van der Waals surface area contributed by atoms with Crippen LogP contribution in [0.4, 0.5) is 14.5 Å². The van der Waals surface area contributed by atoms with Crippen LogP contribution in [0.15, 0.2) is 36.4 Å². The molecule has 0 unspecified atom stereocenters. The number of alkyl halides is 2. The van der Waals surface area contributed by atoms with Gasteiger partial charge >= 0.3 is 12.6 Å². The lowest BCUT2D eigenvalue weighted by Crippen LogP contribution is -2.36. The number of carbonyl (C=O) groups excluding carboxylic acids is 1. The number of nitrogens with one attached hydrogen (secondary N) is 1. The van der Waals surface area contributed by atoms with E-state index < -0.39 is 30.3 Å². The number of rotatable bonds is 5. The Kier molecular flexibility index (Phi) is 4.02. The first-order valence-corrected chi connectivity index (χ1v) is 7.23. The average molecular weight is 323 g/mol. The van der Waals surface area contributed by atoms with Gasteiger partial charge < -0.3 is 15.2 Å². The van der Waals surface area contributed by atoms with Crippen molar-refractivity contribution in [1.29, 1.82) is 0 Å². The normalized spacial score (nSPS) is 28.1. The number of benzene rings is 1. The van der Waals surface area contributed by atoms with E-state index in [2.05, 4.69) is 10.1 Å². The van der Waals surface area contributed by atoms with Crippen molar-refractivity contribution in [1.82, 2.24) is 0 Å². The number of carboxylic acids is 1. The summed E-state index contributed by atoms with van der Waals surface area (Å²) in [6, 6.07) is 5.84. The van der Waals surface area contributed by atoms with Crippen molar-refractivity contribution in [3.05, 3.63) is 36.4 Å². The molecule has 2 aliphatic rings. The Hall–Kier alpha value is -2.44. The second-order valence-electron chi connectivity index (χ2n) is 5.70. The lowest BCUT2D eigenvalue weighted by atomic mass is 9.82. The van der Waals surface area contributed by atoms with Gasteiger partial charge in [-0.05, 0) is 30.4 Å². The fourth-order valence-electron chi connectivity index (χ4n) is 3.50. The number of allylic oxidation sites excluding steroid dienone is 2. The molecule has 1 aromatic carbocycles. The number of hydrogen-bond donors (Lipinski definition) is 2. The summed E-state index contributed by atoms with van der Waals surface area (Å²) in [5.41, 5.74) is 0.105. The summed E-state index contributed by atoms with van der Waals surface area (Å²) in [6.07, 6.45) is 4.32. The second kappa shape index (κ2) is 5.98. The Labute approximate surface area is 130 Å². The van der Waals surface area contributed by atoms with Crippen molar-refractivity contribution >= 4 is 17.6 Å². The molecule has 122 valence electrons. The third kappa shape index (κ3) is 2.91. The molecule has 1 saturated carbocycles. The van der Waals surface area contributed by atoms with Gasteiger partial charge in [-0.3, -0.25) is 9.59 Å². The highest BCUT2D eigenvalue weighted by molar-refractivity contribution is 5.97. The number of hydrogen-bond acceptors (Lipinski definition) is 3. The van der Waals surface area contributed by atoms with Crippen molar-refractivity contribution in [2.24, 2.45) is 23.7 Å². The predicted molar refractivity (Wildman–Crippen MR) is 77.1 cm³/mol. The fraction of sp³-hybridized carbons (Fsp3) is 0.375. The zero-order valence-electron chi connectivity index (χ0n) is 12.0. The molecule has 7 heteroatoms. The first-order valence-electron chi connectivity index (χ1n) is 7.23. The summed E-state index contributed by atoms with van der Waals surface area (Å²) in [7, 11) is 0. The van der Waals surface area contributed by atoms with Crippen LogP contribution in [-0.4, -0.2) is 23.6 Å². The van der Waals surface area contributed by atoms with E-state index in [4.69, 9.17) is 0 Å². The molecule has 1 amide bonds. The molecule has 0 spiro atoms. The SMILES string of the molecule is O=C(Nc1ccccc1OC(F)F)[C@@H]1[C@H](C(=O)O)[C@H]2C=C[C@H]1C2. The second-order valence-corrected chi connectivity index (χ2v) is 5.70. The lowest BCUT2D eigenvalue weighted by Gasteiger charge is -2.24. The number of para-hydroxylation sites is 2. The topological polar surface area (TPSA) is 75.6 Å². The molecular weight excluding hydrogens is 308 g/mol. The van der Waals surface area contributed by atoms with Crippen molar-refractivity contribution in [3.8, 4) is 5.75 Å².